The average molecular weight is 576 g/mol. The van der Waals surface area contributed by atoms with E-state index in [1.165, 1.54) is 0 Å². The van der Waals surface area contributed by atoms with Crippen LogP contribution in [-0.4, -0.2) is 35.9 Å². The number of amides is 2. The van der Waals surface area contributed by atoms with Crippen LogP contribution >= 0.6 is 31.9 Å². The van der Waals surface area contributed by atoms with Crippen molar-refractivity contribution in [3.63, 3.8) is 0 Å². The highest BCUT2D eigenvalue weighted by atomic mass is 79.9. The van der Waals surface area contributed by atoms with E-state index in [0.29, 0.717) is 24.8 Å². The van der Waals surface area contributed by atoms with Crippen LogP contribution in [0.4, 0.5) is 0 Å². The molecular weight excluding hydrogens is 548 g/mol. The van der Waals surface area contributed by atoms with E-state index in [9.17, 15) is 9.59 Å². The van der Waals surface area contributed by atoms with Crippen LogP contribution in [0.3, 0.4) is 0 Å². The Morgan fingerprint density at radius 1 is 1.00 bits per heavy atom. The van der Waals surface area contributed by atoms with Gasteiger partial charge < -0.3 is 15.0 Å². The highest BCUT2D eigenvalue weighted by molar-refractivity contribution is 9.11. The third kappa shape index (κ3) is 6.81. The van der Waals surface area contributed by atoms with Crippen LogP contribution in [0.2, 0.25) is 0 Å². The molecule has 0 aliphatic heterocycles. The summed E-state index contributed by atoms with van der Waals surface area (Å²) in [6, 6.07) is 18.8. The lowest BCUT2D eigenvalue weighted by Gasteiger charge is -2.29. The predicted octanol–water partition coefficient (Wildman–Crippen LogP) is 5.93. The minimum Gasteiger partial charge on any atom is -0.483 e. The fraction of sp³-hybridized carbons (Fsp3) is 0.308. The van der Waals surface area contributed by atoms with E-state index >= 15 is 0 Å². The van der Waals surface area contributed by atoms with Gasteiger partial charge in [-0.25, -0.2) is 0 Å². The van der Waals surface area contributed by atoms with Crippen molar-refractivity contribution in [1.82, 2.24) is 10.2 Å². The lowest BCUT2D eigenvalue weighted by Crippen LogP contribution is -2.49. The van der Waals surface area contributed by atoms with Crippen LogP contribution in [0.15, 0.2) is 69.6 Å². The average Bonchev–Trinajstić information content (AvgIpc) is 2.80. The van der Waals surface area contributed by atoms with Crippen LogP contribution in [0.25, 0.3) is 10.8 Å². The standard InChI is InChI=1S/C26H28Br2N2O3/c1-17(2)14-29-26(32)18(3)30(15-19-7-6-9-21(27)13-19)24(31)16-33-23-12-11-20-8-4-5-10-22(20)25(23)28/h4-13,17-18H,14-16H2,1-3H3,(H,29,32)/t18-/m0/s1. The lowest BCUT2D eigenvalue weighted by atomic mass is 10.1. The van der Waals surface area contributed by atoms with Crippen molar-refractivity contribution < 1.29 is 14.3 Å². The van der Waals surface area contributed by atoms with Crippen LogP contribution < -0.4 is 10.1 Å². The largest absolute Gasteiger partial charge is 0.483 e. The molecule has 0 saturated carbocycles. The SMILES string of the molecule is CC(C)CNC(=O)[C@H](C)N(Cc1cccc(Br)c1)C(=O)COc1ccc2ccccc2c1Br. The monoisotopic (exact) mass is 574 g/mol. The molecule has 33 heavy (non-hydrogen) atoms. The van der Waals surface area contributed by atoms with Crippen molar-refractivity contribution in [1.29, 1.82) is 0 Å². The quantitative estimate of drug-likeness (QED) is 0.344. The molecule has 0 aliphatic rings. The zero-order chi connectivity index (χ0) is 24.0. The van der Waals surface area contributed by atoms with Crippen molar-refractivity contribution in [2.24, 2.45) is 5.92 Å². The fourth-order valence-corrected chi connectivity index (χ4v) is 4.47. The minimum absolute atomic E-state index is 0.174. The van der Waals surface area contributed by atoms with Gasteiger partial charge in [0, 0.05) is 17.6 Å². The number of rotatable bonds is 9. The molecule has 0 saturated heterocycles. The maximum absolute atomic E-state index is 13.3. The molecule has 3 aromatic rings. The number of benzene rings is 3. The first kappa shape index (κ1) is 25.2. The van der Waals surface area contributed by atoms with Crippen LogP contribution in [-0.2, 0) is 16.1 Å². The molecule has 0 spiro atoms. The highest BCUT2D eigenvalue weighted by Crippen LogP contribution is 2.33. The fourth-order valence-electron chi connectivity index (χ4n) is 3.41. The molecule has 0 heterocycles. The zero-order valence-electron chi connectivity index (χ0n) is 19.0. The van der Waals surface area contributed by atoms with E-state index in [4.69, 9.17) is 4.74 Å². The highest BCUT2D eigenvalue weighted by Gasteiger charge is 2.27. The third-order valence-corrected chi connectivity index (χ3v) is 6.58. The number of carbonyl (C=O) groups is 2. The topological polar surface area (TPSA) is 58.6 Å². The summed E-state index contributed by atoms with van der Waals surface area (Å²) in [5.74, 6) is 0.464. The van der Waals surface area contributed by atoms with Gasteiger partial charge in [-0.2, -0.15) is 0 Å². The summed E-state index contributed by atoms with van der Waals surface area (Å²) in [7, 11) is 0. The first-order valence-electron chi connectivity index (χ1n) is 10.9. The van der Waals surface area contributed by atoms with Crippen LogP contribution in [0, 0.1) is 5.92 Å². The Bertz CT molecular complexity index is 1130. The molecule has 0 aliphatic carbocycles. The molecule has 1 atom stereocenters. The van der Waals surface area contributed by atoms with Gasteiger partial charge in [0.05, 0.1) is 4.47 Å². The van der Waals surface area contributed by atoms with Gasteiger partial charge in [0.2, 0.25) is 5.91 Å². The Morgan fingerprint density at radius 2 is 1.76 bits per heavy atom. The van der Waals surface area contributed by atoms with Gasteiger partial charge in [-0.15, -0.1) is 0 Å². The number of halogens is 2. The zero-order valence-corrected chi connectivity index (χ0v) is 22.1. The van der Waals surface area contributed by atoms with Gasteiger partial charge in [0.1, 0.15) is 11.8 Å². The molecule has 0 unspecified atom stereocenters. The van der Waals surface area contributed by atoms with Crippen molar-refractivity contribution in [3.05, 3.63) is 75.2 Å². The number of carbonyl (C=O) groups excluding carboxylic acids is 2. The Kier molecular flexibility index (Phi) is 8.92. The second-order valence-corrected chi connectivity index (χ2v) is 10.1. The molecule has 0 bridgehead atoms. The molecule has 3 rings (SSSR count). The van der Waals surface area contributed by atoms with Gasteiger partial charge in [0.15, 0.2) is 6.61 Å². The van der Waals surface area contributed by atoms with Gasteiger partial charge in [-0.05, 0) is 63.3 Å². The summed E-state index contributed by atoms with van der Waals surface area (Å²) in [5.41, 5.74) is 0.924. The van der Waals surface area contributed by atoms with Crippen LogP contribution in [0.5, 0.6) is 5.75 Å². The number of hydrogen-bond acceptors (Lipinski definition) is 3. The van der Waals surface area contributed by atoms with E-state index in [1.54, 1.807) is 11.8 Å². The second-order valence-electron chi connectivity index (χ2n) is 8.35. The summed E-state index contributed by atoms with van der Waals surface area (Å²) < 4.78 is 7.62. The molecule has 0 radical (unpaired) electrons. The molecule has 5 nitrogen and oxygen atoms in total. The molecule has 174 valence electrons. The van der Waals surface area contributed by atoms with Gasteiger partial charge >= 0.3 is 0 Å². The van der Waals surface area contributed by atoms with Crippen LogP contribution in [0.1, 0.15) is 26.3 Å². The molecule has 0 aromatic heterocycles. The van der Waals surface area contributed by atoms with E-state index in [1.807, 2.05) is 74.5 Å². The van der Waals surface area contributed by atoms with Crippen molar-refractivity contribution >= 4 is 54.4 Å². The lowest BCUT2D eigenvalue weighted by molar-refractivity contribution is -0.142. The minimum atomic E-state index is -0.640. The summed E-state index contributed by atoms with van der Waals surface area (Å²) in [5, 5.41) is 5.01. The number of nitrogens with one attached hydrogen (secondary N) is 1. The first-order chi connectivity index (χ1) is 15.8. The van der Waals surface area contributed by atoms with E-state index < -0.39 is 6.04 Å². The van der Waals surface area contributed by atoms with Crippen molar-refractivity contribution in [3.8, 4) is 5.75 Å². The van der Waals surface area contributed by atoms with Crippen molar-refractivity contribution in [2.45, 2.75) is 33.4 Å². The first-order valence-corrected chi connectivity index (χ1v) is 12.5. The Hall–Kier alpha value is -2.38. The Morgan fingerprint density at radius 3 is 2.48 bits per heavy atom. The molecule has 7 heteroatoms. The normalized spacial score (nSPS) is 11.9. The maximum Gasteiger partial charge on any atom is 0.261 e. The maximum atomic E-state index is 13.3. The molecular formula is C26H28Br2N2O3. The van der Waals surface area contributed by atoms with Gasteiger partial charge in [-0.3, -0.25) is 9.59 Å². The second kappa shape index (κ2) is 11.7. The van der Waals surface area contributed by atoms with E-state index in [0.717, 1.165) is 25.3 Å². The Labute approximate surface area is 211 Å². The van der Waals surface area contributed by atoms with E-state index in [-0.39, 0.29) is 18.4 Å². The van der Waals surface area contributed by atoms with Gasteiger partial charge in [-0.1, -0.05) is 72.2 Å². The van der Waals surface area contributed by atoms with Gasteiger partial charge in [0.25, 0.3) is 5.91 Å². The molecule has 1 N–H and O–H groups in total. The van der Waals surface area contributed by atoms with Crippen molar-refractivity contribution in [2.75, 3.05) is 13.2 Å². The number of nitrogens with zero attached hydrogens (tertiary/aromatic N) is 1. The number of ether oxygens (including phenoxy) is 1. The summed E-state index contributed by atoms with van der Waals surface area (Å²) >= 11 is 7.07. The number of hydrogen-bond donors (Lipinski definition) is 1. The third-order valence-electron chi connectivity index (χ3n) is 5.27. The smallest absolute Gasteiger partial charge is 0.261 e. The summed E-state index contributed by atoms with van der Waals surface area (Å²) in [6.07, 6.45) is 0. The van der Waals surface area contributed by atoms with E-state index in [2.05, 4.69) is 37.2 Å². The molecule has 2 amide bonds. The summed E-state index contributed by atoms with van der Waals surface area (Å²) in [6.45, 7) is 6.50. The Balaban J connectivity index is 1.78. The number of fused-ring (bicyclic) bond motifs is 1. The molecule has 0 fully saturated rings. The predicted molar refractivity (Wildman–Crippen MR) is 139 cm³/mol. The summed E-state index contributed by atoms with van der Waals surface area (Å²) in [4.78, 5) is 27.6. The molecule has 3 aromatic carbocycles.